The summed E-state index contributed by atoms with van der Waals surface area (Å²) in [6, 6.07) is 0. The van der Waals surface area contributed by atoms with Gasteiger partial charge in [-0.1, -0.05) is 23.2 Å². The molecule has 0 saturated heterocycles. The number of rotatable bonds is 2. The molecule has 0 fully saturated rings. The summed E-state index contributed by atoms with van der Waals surface area (Å²) < 4.78 is 0. The smallest absolute Gasteiger partial charge is 0.164 e. The quantitative estimate of drug-likeness (QED) is 0.842. The third-order valence-electron chi connectivity index (χ3n) is 1.95. The van der Waals surface area contributed by atoms with Gasteiger partial charge < -0.3 is 5.73 Å². The van der Waals surface area contributed by atoms with E-state index in [2.05, 4.69) is 19.9 Å². The lowest BCUT2D eigenvalue weighted by Gasteiger charge is -2.04. The lowest BCUT2D eigenvalue weighted by atomic mass is 10.2. The summed E-state index contributed by atoms with van der Waals surface area (Å²) in [6.45, 7) is 0. The molecule has 86 valence electrons. The van der Waals surface area contributed by atoms with Crippen LogP contribution < -0.4 is 5.73 Å². The van der Waals surface area contributed by atoms with Crippen LogP contribution in [0, 0.1) is 0 Å². The van der Waals surface area contributed by atoms with Crippen LogP contribution in [0.4, 0.5) is 0 Å². The van der Waals surface area contributed by atoms with E-state index in [4.69, 9.17) is 28.9 Å². The van der Waals surface area contributed by atoms with Crippen molar-refractivity contribution in [2.24, 2.45) is 5.73 Å². The molecule has 0 spiro atoms. The molecule has 0 unspecified atom stereocenters. The van der Waals surface area contributed by atoms with E-state index in [0.29, 0.717) is 17.1 Å². The van der Waals surface area contributed by atoms with Crippen LogP contribution in [0.3, 0.4) is 0 Å². The number of aromatic nitrogens is 4. The van der Waals surface area contributed by atoms with Crippen LogP contribution in [-0.2, 0) is 0 Å². The highest BCUT2D eigenvalue weighted by Gasteiger charge is 2.11. The van der Waals surface area contributed by atoms with Crippen LogP contribution in [0.15, 0.2) is 31.0 Å². The third-order valence-corrected chi connectivity index (χ3v) is 2.61. The molecular formula is C10H7Cl2N5. The van der Waals surface area contributed by atoms with Crippen molar-refractivity contribution in [2.45, 2.75) is 0 Å². The minimum atomic E-state index is 0.167. The van der Waals surface area contributed by atoms with Crippen molar-refractivity contribution in [3.05, 3.63) is 52.7 Å². The molecule has 0 amide bonds. The maximum atomic E-state index is 5.82. The van der Waals surface area contributed by atoms with Crippen molar-refractivity contribution < 1.29 is 0 Å². The van der Waals surface area contributed by atoms with Crippen LogP contribution >= 0.6 is 23.2 Å². The fourth-order valence-corrected chi connectivity index (χ4v) is 1.41. The molecule has 0 radical (unpaired) electrons. The van der Waals surface area contributed by atoms with E-state index in [9.17, 15) is 0 Å². The fourth-order valence-electron chi connectivity index (χ4n) is 1.19. The molecule has 7 heteroatoms. The van der Waals surface area contributed by atoms with Crippen molar-refractivity contribution in [3.63, 3.8) is 0 Å². The zero-order chi connectivity index (χ0) is 12.3. The van der Waals surface area contributed by atoms with E-state index in [1.54, 1.807) is 18.6 Å². The van der Waals surface area contributed by atoms with Gasteiger partial charge in [-0.25, -0.2) is 9.97 Å². The lowest BCUT2D eigenvalue weighted by Crippen LogP contribution is -2.01. The summed E-state index contributed by atoms with van der Waals surface area (Å²) in [4.78, 5) is 16.1. The van der Waals surface area contributed by atoms with E-state index in [1.165, 1.54) is 12.4 Å². The van der Waals surface area contributed by atoms with Crippen LogP contribution in [0.1, 0.15) is 11.5 Å². The highest BCUT2D eigenvalue weighted by molar-refractivity contribution is 6.41. The molecule has 0 atom stereocenters. The lowest BCUT2D eigenvalue weighted by molar-refractivity contribution is 1.09. The second-order valence-electron chi connectivity index (χ2n) is 3.00. The molecular weight excluding hydrogens is 261 g/mol. The first kappa shape index (κ1) is 11.8. The summed E-state index contributed by atoms with van der Waals surface area (Å²) in [7, 11) is 0. The molecule has 0 aliphatic rings. The first-order chi connectivity index (χ1) is 8.22. The van der Waals surface area contributed by atoms with Gasteiger partial charge in [-0.05, 0) is 0 Å². The summed E-state index contributed by atoms with van der Waals surface area (Å²) in [5, 5.41) is 0.450. The van der Waals surface area contributed by atoms with Gasteiger partial charge in [-0.15, -0.1) is 0 Å². The standard InChI is InChI=1S/C10H7Cl2N5/c11-7-4-16-10(17-9(7)12)6(3-13)8-5-14-1-2-15-8/h1-5H,13H2. The molecule has 0 saturated carbocycles. The molecule has 2 N–H and O–H groups in total. The van der Waals surface area contributed by atoms with E-state index in [1.807, 2.05) is 0 Å². The molecule has 2 aromatic rings. The minimum Gasteiger partial charge on any atom is -0.404 e. The topological polar surface area (TPSA) is 77.6 Å². The molecule has 5 nitrogen and oxygen atoms in total. The van der Waals surface area contributed by atoms with Gasteiger partial charge in [-0.2, -0.15) is 0 Å². The van der Waals surface area contributed by atoms with Crippen LogP contribution in [0.25, 0.3) is 5.57 Å². The van der Waals surface area contributed by atoms with Crippen molar-refractivity contribution >= 4 is 28.8 Å². The highest BCUT2D eigenvalue weighted by Crippen LogP contribution is 2.22. The molecule has 2 rings (SSSR count). The Morgan fingerprint density at radius 2 is 2.00 bits per heavy atom. The van der Waals surface area contributed by atoms with Crippen LogP contribution in [0.5, 0.6) is 0 Å². The molecule has 0 aromatic carbocycles. The number of hydrogen-bond acceptors (Lipinski definition) is 5. The predicted molar refractivity (Wildman–Crippen MR) is 65.4 cm³/mol. The first-order valence-corrected chi connectivity index (χ1v) is 5.34. The van der Waals surface area contributed by atoms with Gasteiger partial charge in [0, 0.05) is 18.6 Å². The molecule has 0 aliphatic carbocycles. The molecule has 17 heavy (non-hydrogen) atoms. The Morgan fingerprint density at radius 3 is 2.59 bits per heavy atom. The van der Waals surface area contributed by atoms with Gasteiger partial charge in [0.25, 0.3) is 0 Å². The predicted octanol–water partition coefficient (Wildman–Crippen LogP) is 1.92. The molecule has 2 heterocycles. The number of nitrogens with zero attached hydrogens (tertiary/aromatic N) is 4. The van der Waals surface area contributed by atoms with Crippen molar-refractivity contribution in [1.82, 2.24) is 19.9 Å². The Hall–Kier alpha value is -1.72. The first-order valence-electron chi connectivity index (χ1n) is 4.59. The SMILES string of the molecule is NC=C(c1cnccn1)c1ncc(Cl)c(Cl)n1. The van der Waals surface area contributed by atoms with E-state index in [0.717, 1.165) is 0 Å². The number of nitrogens with two attached hydrogens (primary N) is 1. The largest absolute Gasteiger partial charge is 0.404 e. The number of hydrogen-bond donors (Lipinski definition) is 1. The van der Waals surface area contributed by atoms with E-state index >= 15 is 0 Å². The average Bonchev–Trinajstić information content (AvgIpc) is 2.36. The van der Waals surface area contributed by atoms with Gasteiger partial charge in [-0.3, -0.25) is 9.97 Å². The maximum Gasteiger partial charge on any atom is 0.164 e. The van der Waals surface area contributed by atoms with Crippen molar-refractivity contribution in [3.8, 4) is 0 Å². The zero-order valence-corrected chi connectivity index (χ0v) is 10.0. The summed E-state index contributed by atoms with van der Waals surface area (Å²) in [5.74, 6) is 0.349. The van der Waals surface area contributed by atoms with Crippen molar-refractivity contribution in [1.29, 1.82) is 0 Å². The van der Waals surface area contributed by atoms with Crippen LogP contribution in [-0.4, -0.2) is 19.9 Å². The van der Waals surface area contributed by atoms with Crippen molar-refractivity contribution in [2.75, 3.05) is 0 Å². The third kappa shape index (κ3) is 2.51. The zero-order valence-electron chi connectivity index (χ0n) is 8.51. The summed E-state index contributed by atoms with van der Waals surface area (Å²) in [6.07, 6.45) is 7.43. The Morgan fingerprint density at radius 1 is 1.18 bits per heavy atom. The van der Waals surface area contributed by atoms with Gasteiger partial charge in [0.1, 0.15) is 0 Å². The van der Waals surface area contributed by atoms with Gasteiger partial charge in [0.15, 0.2) is 11.0 Å². The number of halogens is 2. The minimum absolute atomic E-state index is 0.167. The second-order valence-corrected chi connectivity index (χ2v) is 3.77. The van der Waals surface area contributed by atoms with E-state index < -0.39 is 0 Å². The Balaban J connectivity index is 2.47. The maximum absolute atomic E-state index is 5.82. The fraction of sp³-hybridized carbons (Fsp3) is 0. The Kier molecular flexibility index (Phi) is 3.51. The Bertz CT molecular complexity index is 556. The van der Waals surface area contributed by atoms with Crippen LogP contribution in [0.2, 0.25) is 10.2 Å². The molecule has 0 aliphatic heterocycles. The second kappa shape index (κ2) is 5.07. The highest BCUT2D eigenvalue weighted by atomic mass is 35.5. The monoisotopic (exact) mass is 267 g/mol. The molecule has 2 aromatic heterocycles. The van der Waals surface area contributed by atoms with Gasteiger partial charge in [0.2, 0.25) is 0 Å². The average molecular weight is 268 g/mol. The Labute approximate surface area is 107 Å². The van der Waals surface area contributed by atoms with E-state index in [-0.39, 0.29) is 10.2 Å². The summed E-state index contributed by atoms with van der Waals surface area (Å²) >= 11 is 11.6. The summed E-state index contributed by atoms with van der Waals surface area (Å²) in [5.41, 5.74) is 6.64. The normalized spacial score (nSPS) is 11.5. The van der Waals surface area contributed by atoms with Gasteiger partial charge in [0.05, 0.1) is 28.7 Å². The van der Waals surface area contributed by atoms with Gasteiger partial charge >= 0.3 is 0 Å². The molecule has 0 bridgehead atoms.